The second kappa shape index (κ2) is 7.29. The van der Waals surface area contributed by atoms with Crippen LogP contribution in [0, 0.1) is 0 Å². The fourth-order valence-electron chi connectivity index (χ4n) is 3.16. The number of hydrogen-bond acceptors (Lipinski definition) is 3. The van der Waals surface area contributed by atoms with Gasteiger partial charge >= 0.3 is 0 Å². The Kier molecular flexibility index (Phi) is 4.69. The van der Waals surface area contributed by atoms with Crippen LogP contribution in [-0.2, 0) is 11.3 Å². The molecule has 0 saturated carbocycles. The fraction of sp³-hybridized carbons (Fsp3) is 0.143. The van der Waals surface area contributed by atoms with Crippen molar-refractivity contribution in [3.05, 3.63) is 64.3 Å². The summed E-state index contributed by atoms with van der Waals surface area (Å²) in [5.41, 5.74) is 1.54. The molecule has 0 saturated heterocycles. The number of amides is 1. The van der Waals surface area contributed by atoms with Gasteiger partial charge in [-0.2, -0.15) is 0 Å². The Bertz CT molecular complexity index is 1100. The second-order valence-electron chi connectivity index (χ2n) is 6.38. The minimum absolute atomic E-state index is 0.142. The third-order valence-corrected chi connectivity index (χ3v) is 4.68. The SMILES string of the molecule is O=C(Cn1c(-c2ccc(O)cc2)nc2c1=CCCC=2)Nc1ccc(Cl)cc1. The molecule has 0 unspecified atom stereocenters. The van der Waals surface area contributed by atoms with Crippen molar-refractivity contribution in [3.63, 3.8) is 0 Å². The van der Waals surface area contributed by atoms with E-state index in [0.717, 1.165) is 29.1 Å². The molecule has 0 aliphatic heterocycles. The van der Waals surface area contributed by atoms with Crippen molar-refractivity contribution < 1.29 is 9.90 Å². The van der Waals surface area contributed by atoms with Crippen molar-refractivity contribution in [3.8, 4) is 17.1 Å². The number of phenols is 1. The van der Waals surface area contributed by atoms with Crippen LogP contribution in [-0.4, -0.2) is 20.6 Å². The molecular weight excluding hydrogens is 362 g/mol. The molecule has 6 heteroatoms. The molecule has 1 aliphatic carbocycles. The maximum atomic E-state index is 12.6. The van der Waals surface area contributed by atoms with Crippen molar-refractivity contribution in [2.24, 2.45) is 0 Å². The summed E-state index contributed by atoms with van der Waals surface area (Å²) >= 11 is 5.89. The van der Waals surface area contributed by atoms with Gasteiger partial charge in [0.1, 0.15) is 18.1 Å². The molecule has 0 bridgehead atoms. The maximum absolute atomic E-state index is 12.6. The predicted molar refractivity (Wildman–Crippen MR) is 107 cm³/mol. The smallest absolute Gasteiger partial charge is 0.244 e. The van der Waals surface area contributed by atoms with Gasteiger partial charge in [0.15, 0.2) is 0 Å². The number of aromatic hydroxyl groups is 1. The molecule has 0 radical (unpaired) electrons. The number of hydrogen-bond donors (Lipinski definition) is 2. The molecule has 0 atom stereocenters. The van der Waals surface area contributed by atoms with E-state index in [2.05, 4.69) is 17.5 Å². The van der Waals surface area contributed by atoms with E-state index in [9.17, 15) is 9.90 Å². The first-order valence-electron chi connectivity index (χ1n) is 8.72. The number of carbonyl (C=O) groups excluding carboxylic acids is 1. The van der Waals surface area contributed by atoms with Gasteiger partial charge in [0.25, 0.3) is 0 Å². The number of benzene rings is 2. The predicted octanol–water partition coefficient (Wildman–Crippen LogP) is 2.90. The Hall–Kier alpha value is -3.05. The first-order valence-corrected chi connectivity index (χ1v) is 9.10. The minimum atomic E-state index is -0.142. The summed E-state index contributed by atoms with van der Waals surface area (Å²) in [5.74, 6) is 0.761. The van der Waals surface area contributed by atoms with Gasteiger partial charge in [-0.3, -0.25) is 4.79 Å². The Balaban J connectivity index is 1.69. The third-order valence-electron chi connectivity index (χ3n) is 4.43. The molecule has 0 fully saturated rings. The molecule has 2 N–H and O–H groups in total. The van der Waals surface area contributed by atoms with Crippen molar-refractivity contribution in [2.75, 3.05) is 5.32 Å². The summed E-state index contributed by atoms with van der Waals surface area (Å²) in [6.07, 6.45) is 6.07. The Morgan fingerprint density at radius 3 is 2.52 bits per heavy atom. The van der Waals surface area contributed by atoms with Crippen LogP contribution in [0.2, 0.25) is 5.02 Å². The van der Waals surface area contributed by atoms with E-state index < -0.39 is 0 Å². The van der Waals surface area contributed by atoms with Crippen molar-refractivity contribution in [1.29, 1.82) is 0 Å². The lowest BCUT2D eigenvalue weighted by Gasteiger charge is -2.10. The van der Waals surface area contributed by atoms with Crippen molar-refractivity contribution in [2.45, 2.75) is 19.4 Å². The lowest BCUT2D eigenvalue weighted by atomic mass is 10.2. The highest BCUT2D eigenvalue weighted by atomic mass is 35.5. The van der Waals surface area contributed by atoms with Gasteiger partial charge in [-0.15, -0.1) is 0 Å². The first kappa shape index (κ1) is 17.4. The Labute approximate surface area is 161 Å². The topological polar surface area (TPSA) is 67.2 Å². The molecule has 1 heterocycles. The lowest BCUT2D eigenvalue weighted by molar-refractivity contribution is -0.116. The van der Waals surface area contributed by atoms with E-state index in [1.54, 1.807) is 48.5 Å². The van der Waals surface area contributed by atoms with Crippen LogP contribution in [0.5, 0.6) is 5.75 Å². The fourth-order valence-corrected chi connectivity index (χ4v) is 3.28. The zero-order valence-corrected chi connectivity index (χ0v) is 15.3. The molecule has 136 valence electrons. The summed E-state index contributed by atoms with van der Waals surface area (Å²) < 4.78 is 1.92. The normalized spacial score (nSPS) is 12.6. The van der Waals surface area contributed by atoms with Gasteiger partial charge in [0.05, 0.1) is 10.7 Å². The monoisotopic (exact) mass is 379 g/mol. The maximum Gasteiger partial charge on any atom is 0.244 e. The molecular formula is C21H18ClN3O2. The Morgan fingerprint density at radius 1 is 1.07 bits per heavy atom. The van der Waals surface area contributed by atoms with Crippen LogP contribution in [0.3, 0.4) is 0 Å². The van der Waals surface area contributed by atoms with Gasteiger partial charge < -0.3 is 15.0 Å². The van der Waals surface area contributed by atoms with Crippen LogP contribution >= 0.6 is 11.6 Å². The number of imidazole rings is 1. The largest absolute Gasteiger partial charge is 0.508 e. The van der Waals surface area contributed by atoms with Crippen molar-refractivity contribution >= 4 is 35.3 Å². The standard InChI is InChI=1S/C21H18ClN3O2/c22-15-7-9-16(10-8-15)23-20(27)13-25-19-4-2-1-3-18(19)24-21(25)14-5-11-17(26)12-6-14/h3-12,26H,1-2,13H2,(H,23,27). The second-order valence-corrected chi connectivity index (χ2v) is 6.82. The zero-order chi connectivity index (χ0) is 18.8. The Morgan fingerprint density at radius 2 is 1.78 bits per heavy atom. The number of nitrogens with zero attached hydrogens (tertiary/aromatic N) is 2. The molecule has 5 nitrogen and oxygen atoms in total. The summed E-state index contributed by atoms with van der Waals surface area (Å²) in [5, 5.41) is 14.9. The van der Waals surface area contributed by atoms with Crippen molar-refractivity contribution in [1.82, 2.24) is 9.55 Å². The van der Waals surface area contributed by atoms with E-state index in [1.807, 2.05) is 4.57 Å². The highest BCUT2D eigenvalue weighted by Gasteiger charge is 2.15. The van der Waals surface area contributed by atoms with Crippen LogP contribution in [0.4, 0.5) is 5.69 Å². The van der Waals surface area contributed by atoms with Crippen LogP contribution in [0.25, 0.3) is 23.5 Å². The number of nitrogens with one attached hydrogen (secondary N) is 1. The van der Waals surface area contributed by atoms with E-state index in [4.69, 9.17) is 16.6 Å². The number of rotatable bonds is 4. The summed E-state index contributed by atoms with van der Waals surface area (Å²) in [6, 6.07) is 13.9. The molecule has 27 heavy (non-hydrogen) atoms. The third kappa shape index (κ3) is 3.73. The van der Waals surface area contributed by atoms with Crippen LogP contribution in [0.1, 0.15) is 12.8 Å². The molecule has 2 aromatic carbocycles. The summed E-state index contributed by atoms with van der Waals surface area (Å²) in [7, 11) is 0. The average molecular weight is 380 g/mol. The summed E-state index contributed by atoms with van der Waals surface area (Å²) in [6.45, 7) is 0.144. The molecule has 0 spiro atoms. The van der Waals surface area contributed by atoms with E-state index in [1.165, 1.54) is 0 Å². The van der Waals surface area contributed by atoms with Gasteiger partial charge in [0.2, 0.25) is 5.91 Å². The molecule has 1 aromatic heterocycles. The zero-order valence-electron chi connectivity index (χ0n) is 14.5. The number of halogens is 1. The van der Waals surface area contributed by atoms with Gasteiger partial charge in [-0.25, -0.2) is 4.98 Å². The quantitative estimate of drug-likeness (QED) is 0.732. The molecule has 1 aliphatic rings. The molecule has 3 aromatic rings. The number of carbonyl (C=O) groups is 1. The highest BCUT2D eigenvalue weighted by Crippen LogP contribution is 2.19. The van der Waals surface area contributed by atoms with Crippen LogP contribution in [0.15, 0.2) is 48.5 Å². The molecule has 4 rings (SSSR count). The minimum Gasteiger partial charge on any atom is -0.508 e. The van der Waals surface area contributed by atoms with E-state index in [0.29, 0.717) is 16.5 Å². The highest BCUT2D eigenvalue weighted by molar-refractivity contribution is 6.30. The number of phenolic OH excluding ortho intramolecular Hbond substituents is 1. The van der Waals surface area contributed by atoms with Gasteiger partial charge in [-0.1, -0.05) is 23.8 Å². The van der Waals surface area contributed by atoms with E-state index >= 15 is 0 Å². The average Bonchev–Trinajstić information content (AvgIpc) is 3.03. The summed E-state index contributed by atoms with van der Waals surface area (Å²) in [4.78, 5) is 17.4. The number of aromatic nitrogens is 2. The number of anilines is 1. The van der Waals surface area contributed by atoms with Gasteiger partial charge in [0, 0.05) is 16.3 Å². The lowest BCUT2D eigenvalue weighted by Crippen LogP contribution is -2.34. The van der Waals surface area contributed by atoms with Gasteiger partial charge in [-0.05, 0) is 61.4 Å². The number of fused-ring (bicyclic) bond motifs is 1. The first-order chi connectivity index (χ1) is 13.1. The van der Waals surface area contributed by atoms with E-state index in [-0.39, 0.29) is 18.2 Å². The van der Waals surface area contributed by atoms with Crippen LogP contribution < -0.4 is 16.0 Å². The molecule has 1 amide bonds.